The van der Waals surface area contributed by atoms with Gasteiger partial charge < -0.3 is 10.2 Å². The number of nitrogens with one attached hydrogen (secondary N) is 1. The normalized spacial score (nSPS) is 10.0. The molecule has 5 nitrogen and oxygen atoms in total. The zero-order valence-electron chi connectivity index (χ0n) is 9.25. The molecule has 0 aliphatic carbocycles. The molecule has 0 spiro atoms. The van der Waals surface area contributed by atoms with E-state index in [0.717, 1.165) is 10.6 Å². The molecule has 0 aliphatic rings. The molecule has 2 aromatic rings. The van der Waals surface area contributed by atoms with Gasteiger partial charge in [0.15, 0.2) is 5.82 Å². The Morgan fingerprint density at radius 1 is 1.29 bits per heavy atom. The van der Waals surface area contributed by atoms with Gasteiger partial charge in [-0.2, -0.15) is 4.98 Å². The van der Waals surface area contributed by atoms with E-state index >= 15 is 0 Å². The van der Waals surface area contributed by atoms with E-state index in [1.165, 1.54) is 12.4 Å². The predicted molar refractivity (Wildman–Crippen MR) is 68.1 cm³/mol. The Hall–Kier alpha value is -1.79. The Kier molecular flexibility index (Phi) is 3.79. The number of hydrogen-bond donors (Lipinski definition) is 2. The van der Waals surface area contributed by atoms with Gasteiger partial charge in [-0.25, -0.2) is 5.84 Å². The fraction of sp³-hybridized carbons (Fsp3) is 0.0909. The topological polar surface area (TPSA) is 73.1 Å². The molecule has 1 aromatic carbocycles. The van der Waals surface area contributed by atoms with E-state index in [9.17, 15) is 0 Å². The number of thioether (sulfide) groups is 1. The highest BCUT2D eigenvalue weighted by Crippen LogP contribution is 2.30. The summed E-state index contributed by atoms with van der Waals surface area (Å²) < 4.78 is 5.65. The molecule has 0 fully saturated rings. The summed E-state index contributed by atoms with van der Waals surface area (Å²) in [5.74, 6) is 6.88. The number of nitrogens with zero attached hydrogens (tertiary/aromatic N) is 2. The van der Waals surface area contributed by atoms with Crippen molar-refractivity contribution in [1.82, 2.24) is 9.97 Å². The van der Waals surface area contributed by atoms with Gasteiger partial charge in [-0.15, -0.1) is 11.8 Å². The first kappa shape index (κ1) is 11.7. The first-order chi connectivity index (χ1) is 8.33. The van der Waals surface area contributed by atoms with Crippen LogP contribution in [0.5, 0.6) is 11.6 Å². The SMILES string of the molecule is CSc1ccccc1Oc1cncc(NN)n1. The minimum Gasteiger partial charge on any atom is -0.436 e. The van der Waals surface area contributed by atoms with Crippen molar-refractivity contribution in [3.05, 3.63) is 36.7 Å². The van der Waals surface area contributed by atoms with E-state index in [1.807, 2.05) is 30.5 Å². The number of rotatable bonds is 4. The van der Waals surface area contributed by atoms with E-state index in [0.29, 0.717) is 11.7 Å². The molecule has 6 heteroatoms. The molecule has 1 aromatic heterocycles. The van der Waals surface area contributed by atoms with Crippen LogP contribution < -0.4 is 16.0 Å². The molecule has 17 heavy (non-hydrogen) atoms. The standard InChI is InChI=1S/C11H12N4OS/c1-17-9-5-3-2-4-8(9)16-11-7-13-6-10(14-11)15-12/h2-7H,12H2,1H3,(H,14,15). The van der Waals surface area contributed by atoms with Gasteiger partial charge in [-0.3, -0.25) is 4.98 Å². The first-order valence-electron chi connectivity index (χ1n) is 4.93. The molecule has 1 heterocycles. The number of hydrazine groups is 1. The van der Waals surface area contributed by atoms with Crippen molar-refractivity contribution in [3.63, 3.8) is 0 Å². The fourth-order valence-corrected chi connectivity index (χ4v) is 1.81. The Balaban J connectivity index is 2.24. The molecule has 88 valence electrons. The number of para-hydroxylation sites is 1. The second kappa shape index (κ2) is 5.51. The highest BCUT2D eigenvalue weighted by Gasteiger charge is 2.05. The van der Waals surface area contributed by atoms with Crippen molar-refractivity contribution in [2.45, 2.75) is 4.90 Å². The van der Waals surface area contributed by atoms with Crippen molar-refractivity contribution in [2.75, 3.05) is 11.7 Å². The average Bonchev–Trinajstić information content (AvgIpc) is 2.39. The molecular formula is C11H12N4OS. The number of ether oxygens (including phenoxy) is 1. The molecule has 0 unspecified atom stereocenters. The molecule has 0 aliphatic heterocycles. The molecule has 0 saturated carbocycles. The lowest BCUT2D eigenvalue weighted by atomic mass is 10.3. The number of hydrogen-bond acceptors (Lipinski definition) is 6. The zero-order chi connectivity index (χ0) is 12.1. The number of aromatic nitrogens is 2. The van der Waals surface area contributed by atoms with Gasteiger partial charge >= 0.3 is 0 Å². The quantitative estimate of drug-likeness (QED) is 0.491. The van der Waals surface area contributed by atoms with E-state index in [-0.39, 0.29) is 0 Å². The maximum Gasteiger partial charge on any atom is 0.239 e. The van der Waals surface area contributed by atoms with Crippen LogP contribution in [-0.4, -0.2) is 16.2 Å². The molecule has 0 atom stereocenters. The number of anilines is 1. The third-order valence-electron chi connectivity index (χ3n) is 2.04. The number of nitrogens with two attached hydrogens (primary N) is 1. The molecule has 3 N–H and O–H groups in total. The zero-order valence-corrected chi connectivity index (χ0v) is 10.1. The van der Waals surface area contributed by atoms with Gasteiger partial charge in [0.05, 0.1) is 12.4 Å². The summed E-state index contributed by atoms with van der Waals surface area (Å²) >= 11 is 1.61. The van der Waals surface area contributed by atoms with Crippen LogP contribution in [0.2, 0.25) is 0 Å². The summed E-state index contributed by atoms with van der Waals surface area (Å²) in [5.41, 5.74) is 2.42. The monoisotopic (exact) mass is 248 g/mol. The Morgan fingerprint density at radius 3 is 2.88 bits per heavy atom. The maximum atomic E-state index is 5.65. The smallest absolute Gasteiger partial charge is 0.239 e. The van der Waals surface area contributed by atoms with Gasteiger partial charge in [0.1, 0.15) is 5.75 Å². The minimum absolute atomic E-state index is 0.405. The second-order valence-corrected chi connectivity index (χ2v) is 3.99. The van der Waals surface area contributed by atoms with Gasteiger partial charge in [0, 0.05) is 4.90 Å². The van der Waals surface area contributed by atoms with E-state index in [1.54, 1.807) is 11.8 Å². The van der Waals surface area contributed by atoms with Crippen LogP contribution in [0, 0.1) is 0 Å². The summed E-state index contributed by atoms with van der Waals surface area (Å²) in [6.45, 7) is 0. The lowest BCUT2D eigenvalue weighted by Crippen LogP contribution is -2.09. The predicted octanol–water partition coefficient (Wildman–Crippen LogP) is 2.28. The molecule has 2 rings (SSSR count). The van der Waals surface area contributed by atoms with Gasteiger partial charge in [0.25, 0.3) is 0 Å². The van der Waals surface area contributed by atoms with E-state index in [2.05, 4.69) is 15.4 Å². The Labute approximate surface area is 103 Å². The van der Waals surface area contributed by atoms with Crippen LogP contribution >= 0.6 is 11.8 Å². The maximum absolute atomic E-state index is 5.65. The largest absolute Gasteiger partial charge is 0.436 e. The van der Waals surface area contributed by atoms with E-state index < -0.39 is 0 Å². The van der Waals surface area contributed by atoms with Crippen molar-refractivity contribution in [3.8, 4) is 11.6 Å². The highest BCUT2D eigenvalue weighted by molar-refractivity contribution is 7.98. The minimum atomic E-state index is 0.405. The first-order valence-corrected chi connectivity index (χ1v) is 6.15. The number of benzene rings is 1. The van der Waals surface area contributed by atoms with Crippen LogP contribution in [0.25, 0.3) is 0 Å². The summed E-state index contributed by atoms with van der Waals surface area (Å²) in [6.07, 6.45) is 5.05. The van der Waals surface area contributed by atoms with Gasteiger partial charge in [-0.1, -0.05) is 12.1 Å². The third-order valence-corrected chi connectivity index (χ3v) is 2.82. The number of nitrogen functional groups attached to an aromatic ring is 1. The second-order valence-electron chi connectivity index (χ2n) is 3.14. The lowest BCUT2D eigenvalue weighted by molar-refractivity contribution is 0.450. The molecule has 0 saturated heterocycles. The molecular weight excluding hydrogens is 236 g/mol. The summed E-state index contributed by atoms with van der Waals surface area (Å²) in [7, 11) is 0. The Bertz CT molecular complexity index is 506. The van der Waals surface area contributed by atoms with Gasteiger partial charge in [0.2, 0.25) is 5.88 Å². The van der Waals surface area contributed by atoms with Crippen LogP contribution in [0.1, 0.15) is 0 Å². The lowest BCUT2D eigenvalue weighted by Gasteiger charge is -2.08. The van der Waals surface area contributed by atoms with Crippen molar-refractivity contribution < 1.29 is 4.74 Å². The molecule has 0 amide bonds. The van der Waals surface area contributed by atoms with Crippen molar-refractivity contribution in [1.29, 1.82) is 0 Å². The van der Waals surface area contributed by atoms with Crippen molar-refractivity contribution in [2.24, 2.45) is 5.84 Å². The average molecular weight is 248 g/mol. The van der Waals surface area contributed by atoms with Crippen LogP contribution in [0.4, 0.5) is 5.82 Å². The Morgan fingerprint density at radius 2 is 2.12 bits per heavy atom. The van der Waals surface area contributed by atoms with Gasteiger partial charge in [-0.05, 0) is 18.4 Å². The van der Waals surface area contributed by atoms with Crippen molar-refractivity contribution >= 4 is 17.6 Å². The summed E-state index contributed by atoms with van der Waals surface area (Å²) in [4.78, 5) is 9.14. The van der Waals surface area contributed by atoms with Crippen LogP contribution in [0.15, 0.2) is 41.6 Å². The highest BCUT2D eigenvalue weighted by atomic mass is 32.2. The summed E-state index contributed by atoms with van der Waals surface area (Å²) in [6, 6.07) is 7.74. The molecule has 0 radical (unpaired) electrons. The fourth-order valence-electron chi connectivity index (χ4n) is 1.28. The third kappa shape index (κ3) is 2.86. The van der Waals surface area contributed by atoms with Crippen LogP contribution in [-0.2, 0) is 0 Å². The van der Waals surface area contributed by atoms with Crippen LogP contribution in [0.3, 0.4) is 0 Å². The molecule has 0 bridgehead atoms. The van der Waals surface area contributed by atoms with E-state index in [4.69, 9.17) is 10.6 Å². The summed E-state index contributed by atoms with van der Waals surface area (Å²) in [5, 5.41) is 0.